The van der Waals surface area contributed by atoms with E-state index >= 15 is 0 Å². The Morgan fingerprint density at radius 1 is 1.33 bits per heavy atom. The van der Waals surface area contributed by atoms with Crippen molar-refractivity contribution in [1.82, 2.24) is 14.9 Å². The Kier molecular flexibility index (Phi) is 5.82. The van der Waals surface area contributed by atoms with Crippen LogP contribution in [-0.4, -0.2) is 26.8 Å². The second-order valence-electron chi connectivity index (χ2n) is 6.64. The minimum atomic E-state index is -0.114. The molecule has 24 heavy (non-hydrogen) atoms. The van der Waals surface area contributed by atoms with E-state index in [1.165, 1.54) is 24.8 Å². The molecule has 1 aliphatic carbocycles. The molecule has 5 heteroatoms. The first kappa shape index (κ1) is 17.3. The summed E-state index contributed by atoms with van der Waals surface area (Å²) in [6.45, 7) is 5.18. The van der Waals surface area contributed by atoms with Gasteiger partial charge in [-0.2, -0.15) is 0 Å². The number of imidazole rings is 1. The van der Waals surface area contributed by atoms with Crippen LogP contribution in [0.1, 0.15) is 52.4 Å². The first-order chi connectivity index (χ1) is 11.7. The number of aromatic nitrogens is 2. The Morgan fingerprint density at radius 2 is 2.12 bits per heavy atom. The predicted octanol–water partition coefficient (Wildman–Crippen LogP) is 4.38. The number of aryl methyl sites for hydroxylation is 1. The van der Waals surface area contributed by atoms with Crippen LogP contribution in [-0.2, 0) is 11.3 Å². The van der Waals surface area contributed by atoms with Crippen molar-refractivity contribution in [3.8, 4) is 0 Å². The maximum Gasteiger partial charge on any atom is 0.233 e. The van der Waals surface area contributed by atoms with Crippen molar-refractivity contribution in [2.45, 2.75) is 75.4 Å². The lowest BCUT2D eigenvalue weighted by molar-refractivity contribution is -0.120. The maximum atomic E-state index is 12.3. The minimum Gasteiger partial charge on any atom is -0.352 e. The number of benzene rings is 1. The zero-order valence-electron chi connectivity index (χ0n) is 14.6. The molecule has 3 rings (SSSR count). The fourth-order valence-corrected chi connectivity index (χ4v) is 3.77. The summed E-state index contributed by atoms with van der Waals surface area (Å²) >= 11 is 1.58. The molecule has 1 unspecified atom stereocenters. The highest BCUT2D eigenvalue weighted by Crippen LogP contribution is 2.29. The summed E-state index contributed by atoms with van der Waals surface area (Å²) in [4.78, 5) is 17.0. The van der Waals surface area contributed by atoms with Gasteiger partial charge in [-0.05, 0) is 38.3 Å². The molecular formula is C19H27N3OS. The zero-order valence-corrected chi connectivity index (χ0v) is 15.4. The summed E-state index contributed by atoms with van der Waals surface area (Å²) in [7, 11) is 0. The number of unbranched alkanes of at least 4 members (excludes halogenated alkanes) is 3. The number of carbonyl (C=O) groups excluding carboxylic acids is 1. The molecular weight excluding hydrogens is 318 g/mol. The van der Waals surface area contributed by atoms with E-state index in [1.54, 1.807) is 11.8 Å². The molecule has 0 aliphatic heterocycles. The molecule has 0 spiro atoms. The second kappa shape index (κ2) is 8.06. The van der Waals surface area contributed by atoms with Crippen LogP contribution in [0.25, 0.3) is 11.0 Å². The topological polar surface area (TPSA) is 46.9 Å². The molecule has 0 bridgehead atoms. The Balaban J connectivity index is 1.73. The Morgan fingerprint density at radius 3 is 2.88 bits per heavy atom. The average Bonchev–Trinajstić information content (AvgIpc) is 3.33. The smallest absolute Gasteiger partial charge is 0.233 e. The van der Waals surface area contributed by atoms with E-state index < -0.39 is 0 Å². The van der Waals surface area contributed by atoms with Gasteiger partial charge in [-0.1, -0.05) is 50.1 Å². The van der Waals surface area contributed by atoms with Crippen molar-refractivity contribution in [1.29, 1.82) is 0 Å². The highest BCUT2D eigenvalue weighted by molar-refractivity contribution is 8.00. The van der Waals surface area contributed by atoms with Gasteiger partial charge in [0.15, 0.2) is 5.16 Å². The Labute approximate surface area is 148 Å². The molecule has 1 saturated carbocycles. The summed E-state index contributed by atoms with van der Waals surface area (Å²) in [5, 5.41) is 3.94. The minimum absolute atomic E-state index is 0.114. The molecule has 1 N–H and O–H groups in total. The van der Waals surface area contributed by atoms with Crippen molar-refractivity contribution >= 4 is 28.7 Å². The van der Waals surface area contributed by atoms with Crippen molar-refractivity contribution in [2.75, 3.05) is 0 Å². The van der Waals surface area contributed by atoms with Crippen LogP contribution in [0.3, 0.4) is 0 Å². The van der Waals surface area contributed by atoms with Crippen molar-refractivity contribution < 1.29 is 4.79 Å². The van der Waals surface area contributed by atoms with Gasteiger partial charge in [-0.25, -0.2) is 4.98 Å². The van der Waals surface area contributed by atoms with Crippen LogP contribution in [0.15, 0.2) is 29.4 Å². The lowest BCUT2D eigenvalue weighted by Crippen LogP contribution is -2.32. The molecule has 130 valence electrons. The summed E-state index contributed by atoms with van der Waals surface area (Å²) < 4.78 is 2.29. The highest BCUT2D eigenvalue weighted by atomic mass is 32.2. The monoisotopic (exact) mass is 345 g/mol. The van der Waals surface area contributed by atoms with Crippen LogP contribution >= 0.6 is 11.8 Å². The van der Waals surface area contributed by atoms with Gasteiger partial charge in [0.1, 0.15) is 0 Å². The van der Waals surface area contributed by atoms with E-state index in [-0.39, 0.29) is 11.2 Å². The van der Waals surface area contributed by atoms with E-state index in [9.17, 15) is 4.79 Å². The summed E-state index contributed by atoms with van der Waals surface area (Å²) in [5.74, 6) is 0.132. The number of nitrogens with one attached hydrogen (secondary N) is 1. The first-order valence-electron chi connectivity index (χ1n) is 9.11. The number of fused-ring (bicyclic) bond motifs is 1. The maximum absolute atomic E-state index is 12.3. The molecule has 0 radical (unpaired) electrons. The number of nitrogens with zero attached hydrogens (tertiary/aromatic N) is 2. The standard InChI is InChI=1S/C19H27N3OS/c1-3-4-5-8-13-22-17-10-7-6-9-16(17)21-19(22)24-14(2)18(23)20-15-11-12-15/h6-7,9-10,14-15H,3-5,8,11-13H2,1-2H3,(H,20,23). The lowest BCUT2D eigenvalue weighted by atomic mass is 10.2. The van der Waals surface area contributed by atoms with Crippen LogP contribution in [0.4, 0.5) is 0 Å². The largest absolute Gasteiger partial charge is 0.352 e. The third kappa shape index (κ3) is 4.32. The fourth-order valence-electron chi connectivity index (χ4n) is 2.81. The number of amides is 1. The van der Waals surface area contributed by atoms with Crippen molar-refractivity contribution in [3.63, 3.8) is 0 Å². The molecule has 1 heterocycles. The molecule has 0 saturated heterocycles. The van der Waals surface area contributed by atoms with Crippen molar-refractivity contribution in [2.24, 2.45) is 0 Å². The molecule has 4 nitrogen and oxygen atoms in total. The third-order valence-corrected chi connectivity index (χ3v) is 5.52. The second-order valence-corrected chi connectivity index (χ2v) is 7.95. The van der Waals surface area contributed by atoms with Crippen LogP contribution in [0.5, 0.6) is 0 Å². The molecule has 1 fully saturated rings. The number of rotatable bonds is 9. The van der Waals surface area contributed by atoms with Gasteiger partial charge in [0, 0.05) is 12.6 Å². The molecule has 2 aromatic rings. The predicted molar refractivity (Wildman–Crippen MR) is 100 cm³/mol. The Bertz CT molecular complexity index is 693. The van der Waals surface area contributed by atoms with E-state index in [1.807, 2.05) is 13.0 Å². The summed E-state index contributed by atoms with van der Waals surface area (Å²) in [6, 6.07) is 8.67. The van der Waals surface area contributed by atoms with Gasteiger partial charge in [0.25, 0.3) is 0 Å². The quantitative estimate of drug-likeness (QED) is 0.542. The number of para-hydroxylation sites is 2. The normalized spacial score (nSPS) is 15.6. The first-order valence-corrected chi connectivity index (χ1v) is 9.99. The van der Waals surface area contributed by atoms with Gasteiger partial charge in [0.2, 0.25) is 5.91 Å². The van der Waals surface area contributed by atoms with Gasteiger partial charge >= 0.3 is 0 Å². The van der Waals surface area contributed by atoms with Gasteiger partial charge in [0.05, 0.1) is 16.3 Å². The van der Waals surface area contributed by atoms with E-state index in [4.69, 9.17) is 4.98 Å². The molecule has 1 aromatic carbocycles. The third-order valence-electron chi connectivity index (χ3n) is 4.43. The van der Waals surface area contributed by atoms with E-state index in [2.05, 4.69) is 35.0 Å². The highest BCUT2D eigenvalue weighted by Gasteiger charge is 2.27. The SMILES string of the molecule is CCCCCCn1c(SC(C)C(=O)NC2CC2)nc2ccccc21. The van der Waals surface area contributed by atoms with Crippen LogP contribution < -0.4 is 5.32 Å². The summed E-state index contributed by atoms with van der Waals surface area (Å²) in [5.41, 5.74) is 2.19. The number of hydrogen-bond donors (Lipinski definition) is 1. The number of thioether (sulfide) groups is 1. The van der Waals surface area contributed by atoms with Crippen LogP contribution in [0.2, 0.25) is 0 Å². The van der Waals surface area contributed by atoms with E-state index in [0.29, 0.717) is 6.04 Å². The average molecular weight is 346 g/mol. The van der Waals surface area contributed by atoms with Crippen LogP contribution in [0, 0.1) is 0 Å². The molecule has 1 amide bonds. The molecule has 1 aromatic heterocycles. The van der Waals surface area contributed by atoms with Gasteiger partial charge < -0.3 is 9.88 Å². The lowest BCUT2D eigenvalue weighted by Gasteiger charge is -2.13. The van der Waals surface area contributed by atoms with Crippen molar-refractivity contribution in [3.05, 3.63) is 24.3 Å². The number of carbonyl (C=O) groups is 1. The van der Waals surface area contributed by atoms with E-state index in [0.717, 1.165) is 36.5 Å². The summed E-state index contributed by atoms with van der Waals surface area (Å²) in [6.07, 6.45) is 7.16. The fraction of sp³-hybridized carbons (Fsp3) is 0.579. The Hall–Kier alpha value is -1.49. The number of hydrogen-bond acceptors (Lipinski definition) is 3. The molecule has 1 atom stereocenters. The zero-order chi connectivity index (χ0) is 16.9. The van der Waals surface area contributed by atoms with Gasteiger partial charge in [-0.15, -0.1) is 0 Å². The molecule has 1 aliphatic rings. The van der Waals surface area contributed by atoms with Gasteiger partial charge in [-0.3, -0.25) is 4.79 Å².